The first-order valence-electron chi connectivity index (χ1n) is 6.61. The van der Waals surface area contributed by atoms with Gasteiger partial charge < -0.3 is 19.9 Å². The maximum absolute atomic E-state index is 13.6. The van der Waals surface area contributed by atoms with Gasteiger partial charge >= 0.3 is 6.09 Å². The van der Waals surface area contributed by atoms with Crippen molar-refractivity contribution in [1.29, 1.82) is 0 Å². The zero-order valence-electron chi connectivity index (χ0n) is 12.7. The molecule has 0 aliphatic rings. The molecular weight excluding hydrogens is 282 g/mol. The Morgan fingerprint density at radius 2 is 2.05 bits per heavy atom. The summed E-state index contributed by atoms with van der Waals surface area (Å²) in [5, 5.41) is 4.68. The molecule has 1 heterocycles. The number of nitrogens with one attached hydrogen (secondary N) is 2. The lowest BCUT2D eigenvalue weighted by atomic mass is 10.2. The van der Waals surface area contributed by atoms with Gasteiger partial charge in [0, 0.05) is 19.4 Å². The summed E-state index contributed by atoms with van der Waals surface area (Å²) in [5.41, 5.74) is -0.712. The van der Waals surface area contributed by atoms with E-state index < -0.39 is 30.7 Å². The summed E-state index contributed by atoms with van der Waals surface area (Å²) in [6.07, 6.45) is 2.48. The summed E-state index contributed by atoms with van der Waals surface area (Å²) in [5.74, 6) is -2.41. The van der Waals surface area contributed by atoms with Gasteiger partial charge in [-0.3, -0.25) is 0 Å². The second-order valence-corrected chi connectivity index (χ2v) is 5.77. The van der Waals surface area contributed by atoms with E-state index in [1.54, 1.807) is 44.8 Å². The van der Waals surface area contributed by atoms with Crippen LogP contribution in [0, 0.1) is 0 Å². The van der Waals surface area contributed by atoms with Crippen LogP contribution in [-0.4, -0.2) is 40.3 Å². The van der Waals surface area contributed by atoms with E-state index in [2.05, 4.69) is 15.6 Å². The van der Waals surface area contributed by atoms with E-state index >= 15 is 0 Å². The van der Waals surface area contributed by atoms with Crippen LogP contribution in [0.5, 0.6) is 0 Å². The van der Waals surface area contributed by atoms with Crippen molar-refractivity contribution in [2.45, 2.75) is 38.8 Å². The van der Waals surface area contributed by atoms with E-state index in [4.69, 9.17) is 4.74 Å². The monoisotopic (exact) mass is 304 g/mol. The van der Waals surface area contributed by atoms with Crippen molar-refractivity contribution in [3.05, 3.63) is 18.2 Å². The van der Waals surface area contributed by atoms with Gasteiger partial charge in [0.25, 0.3) is 5.92 Å². The Balaban J connectivity index is 2.30. The van der Waals surface area contributed by atoms with Crippen LogP contribution < -0.4 is 10.6 Å². The van der Waals surface area contributed by atoms with Crippen molar-refractivity contribution in [2.24, 2.45) is 7.05 Å². The number of nitrogens with zero attached hydrogens (tertiary/aromatic N) is 2. The summed E-state index contributed by atoms with van der Waals surface area (Å²) in [7, 11) is 1.78. The van der Waals surface area contributed by atoms with Crippen LogP contribution in [0.4, 0.5) is 13.6 Å². The molecule has 8 heteroatoms. The average Bonchev–Trinajstić information content (AvgIpc) is 2.71. The van der Waals surface area contributed by atoms with Crippen LogP contribution in [0.25, 0.3) is 0 Å². The van der Waals surface area contributed by atoms with Crippen LogP contribution in [0.15, 0.2) is 12.4 Å². The number of amides is 1. The largest absolute Gasteiger partial charge is 0.444 e. The molecule has 0 bridgehead atoms. The van der Waals surface area contributed by atoms with Gasteiger partial charge in [0.05, 0.1) is 19.6 Å². The maximum Gasteiger partial charge on any atom is 0.407 e. The molecule has 0 saturated carbocycles. The van der Waals surface area contributed by atoms with Gasteiger partial charge in [0.1, 0.15) is 11.4 Å². The van der Waals surface area contributed by atoms with Crippen LogP contribution in [-0.2, 0) is 18.3 Å². The van der Waals surface area contributed by atoms with Crippen LogP contribution >= 0.6 is 0 Å². The fourth-order valence-electron chi connectivity index (χ4n) is 1.50. The molecule has 1 rings (SSSR count). The van der Waals surface area contributed by atoms with Crippen LogP contribution in [0.1, 0.15) is 26.6 Å². The molecule has 0 aliphatic heterocycles. The summed E-state index contributed by atoms with van der Waals surface area (Å²) in [6.45, 7) is 3.88. The van der Waals surface area contributed by atoms with E-state index in [-0.39, 0.29) is 6.54 Å². The molecule has 0 aromatic carbocycles. The zero-order chi connectivity index (χ0) is 16.1. The Kier molecular flexibility index (Phi) is 5.65. The second-order valence-electron chi connectivity index (χ2n) is 5.77. The van der Waals surface area contributed by atoms with Gasteiger partial charge in [-0.2, -0.15) is 0 Å². The minimum absolute atomic E-state index is 0.228. The maximum atomic E-state index is 13.6. The third kappa shape index (κ3) is 7.03. The van der Waals surface area contributed by atoms with Gasteiger partial charge in [-0.05, 0) is 20.8 Å². The highest BCUT2D eigenvalue weighted by molar-refractivity contribution is 5.67. The lowest BCUT2D eigenvalue weighted by molar-refractivity contribution is -0.00390. The smallest absolute Gasteiger partial charge is 0.407 e. The normalized spacial score (nSPS) is 12.3. The van der Waals surface area contributed by atoms with E-state index in [9.17, 15) is 13.6 Å². The predicted molar refractivity (Wildman–Crippen MR) is 74.1 cm³/mol. The number of carbonyl (C=O) groups is 1. The van der Waals surface area contributed by atoms with Gasteiger partial charge in [-0.25, -0.2) is 18.6 Å². The predicted octanol–water partition coefficient (Wildman–Crippen LogP) is 1.67. The van der Waals surface area contributed by atoms with Crippen molar-refractivity contribution in [3.8, 4) is 0 Å². The Hall–Kier alpha value is -1.70. The Morgan fingerprint density at radius 3 is 2.57 bits per heavy atom. The molecule has 1 amide bonds. The van der Waals surface area contributed by atoms with Crippen LogP contribution in [0.3, 0.4) is 0 Å². The Labute approximate surface area is 122 Å². The number of carbonyl (C=O) groups excluding carboxylic acids is 1. The zero-order valence-corrected chi connectivity index (χ0v) is 12.7. The van der Waals surface area contributed by atoms with Gasteiger partial charge in [0.2, 0.25) is 0 Å². The summed E-state index contributed by atoms with van der Waals surface area (Å²) >= 11 is 0. The Bertz CT molecular complexity index is 469. The quantitative estimate of drug-likeness (QED) is 0.839. The first-order chi connectivity index (χ1) is 9.59. The summed E-state index contributed by atoms with van der Waals surface area (Å²) in [4.78, 5) is 15.3. The van der Waals surface area contributed by atoms with Crippen molar-refractivity contribution in [3.63, 3.8) is 0 Å². The number of ether oxygens (including phenoxy) is 1. The molecule has 0 spiro atoms. The molecule has 0 fully saturated rings. The highest BCUT2D eigenvalue weighted by Crippen LogP contribution is 2.12. The summed E-state index contributed by atoms with van der Waals surface area (Å²) in [6, 6.07) is 0. The van der Waals surface area contributed by atoms with E-state index in [1.165, 1.54) is 0 Å². The standard InChI is InChI=1S/C13H22F2N4O2/c1-12(2,3)21-11(20)18-9-13(14,15)8-16-7-10-17-5-6-19(10)4/h5-6,16H,7-9H2,1-4H3,(H,18,20). The first-order valence-corrected chi connectivity index (χ1v) is 6.61. The molecule has 2 N–H and O–H groups in total. The summed E-state index contributed by atoms with van der Waals surface area (Å²) < 4.78 is 33.8. The molecule has 0 unspecified atom stereocenters. The van der Waals surface area contributed by atoms with Crippen molar-refractivity contribution >= 4 is 6.09 Å². The molecule has 0 radical (unpaired) electrons. The molecule has 21 heavy (non-hydrogen) atoms. The van der Waals surface area contributed by atoms with Gasteiger partial charge in [-0.1, -0.05) is 0 Å². The van der Waals surface area contributed by atoms with E-state index in [1.807, 2.05) is 0 Å². The molecule has 1 aromatic rings. The topological polar surface area (TPSA) is 68.2 Å². The number of imidazole rings is 1. The molecule has 0 saturated heterocycles. The van der Waals surface area contributed by atoms with Crippen molar-refractivity contribution in [2.75, 3.05) is 13.1 Å². The highest BCUT2D eigenvalue weighted by Gasteiger charge is 2.30. The molecule has 0 aliphatic carbocycles. The lowest BCUT2D eigenvalue weighted by Gasteiger charge is -2.22. The Morgan fingerprint density at radius 1 is 1.38 bits per heavy atom. The minimum atomic E-state index is -3.07. The van der Waals surface area contributed by atoms with E-state index in [0.717, 1.165) is 0 Å². The SMILES string of the molecule is Cn1ccnc1CNCC(F)(F)CNC(=O)OC(C)(C)C. The molecule has 6 nitrogen and oxygen atoms in total. The third-order valence-electron chi connectivity index (χ3n) is 2.48. The number of hydrogen-bond acceptors (Lipinski definition) is 4. The molecule has 0 atom stereocenters. The van der Waals surface area contributed by atoms with E-state index in [0.29, 0.717) is 5.82 Å². The number of alkyl halides is 2. The first kappa shape index (κ1) is 17.4. The second kappa shape index (κ2) is 6.84. The molecule has 120 valence electrons. The van der Waals surface area contributed by atoms with Crippen molar-refractivity contribution in [1.82, 2.24) is 20.2 Å². The highest BCUT2D eigenvalue weighted by atomic mass is 19.3. The number of alkyl carbamates (subject to hydrolysis) is 1. The van der Waals surface area contributed by atoms with Gasteiger partial charge in [-0.15, -0.1) is 0 Å². The van der Waals surface area contributed by atoms with Gasteiger partial charge in [0.15, 0.2) is 0 Å². The number of aromatic nitrogens is 2. The lowest BCUT2D eigenvalue weighted by Crippen LogP contribution is -2.44. The molecule has 1 aromatic heterocycles. The average molecular weight is 304 g/mol. The number of aryl methyl sites for hydroxylation is 1. The number of hydrogen-bond donors (Lipinski definition) is 2. The third-order valence-corrected chi connectivity index (χ3v) is 2.48. The number of halogens is 2. The fourth-order valence-corrected chi connectivity index (χ4v) is 1.50. The number of rotatable bonds is 6. The fraction of sp³-hybridized carbons (Fsp3) is 0.692. The minimum Gasteiger partial charge on any atom is -0.444 e. The molecular formula is C13H22F2N4O2. The van der Waals surface area contributed by atoms with Crippen molar-refractivity contribution < 1.29 is 18.3 Å². The van der Waals surface area contributed by atoms with Crippen LogP contribution in [0.2, 0.25) is 0 Å².